The van der Waals surface area contributed by atoms with Crippen molar-refractivity contribution in [2.45, 2.75) is 292 Å². The number of ketones is 8. The standard InChI is InChI=1S/C32H50O6.C30H46O8.C22H30O8.C4H11N.C2HF3O.CH2Cl2.CH4/c1-21(2)12-14-27(33)31(16-23(5)6)37-19-29(35)25-10-9-11-26(18-25)30(36)20-38-32(17-24(7)8)28(34)15-13-22(3)4;1-19(2)14-25(27(33)37-29(5,6)7)35-17-23(31)21-12-11-13-22(16-21)24(32)18-36-26(15-20(3)4)28(34)38-30(8,9)10;1-13(2)8-19(21(25)26)29-11-17(23)15-6-5-7-16(10-15)18(24)12-30-20(22(27)28)9-14(3)4;1-4(2)3-5;3-2(4,5)1-6;2-1-3;/h9-11,18,21-24,31-32H,12-17,19-20H2,1-8H3;11-13,16,19-20,25-26H,14-15,17-18H2,1-10H3;5-7,10,13-14,19-20H,8-9,11-12H2,1-4H3,(H,25,26)(H,27,28);4H,3,5H2,1-2H3;1H;1H2;1H4/t31-,32-;25-,26-;19-,20-;;;;/m111..../s1. The average Bonchev–Trinajstić information content (AvgIpc) is 0.864. The molecule has 24 nitrogen and oxygen atoms in total. The number of hydrogen-bond acceptors (Lipinski definition) is 22. The Bertz CT molecular complexity index is 3370. The second-order valence-electron chi connectivity index (χ2n) is 34.8. The Hall–Kier alpha value is -7.34. The molecule has 0 aromatic heterocycles. The summed E-state index contributed by atoms with van der Waals surface area (Å²) in [6, 6.07) is 18.6. The lowest BCUT2D eigenvalue weighted by Crippen LogP contribution is -2.35. The van der Waals surface area contributed by atoms with Gasteiger partial charge in [0.25, 0.3) is 0 Å². The molecular weight excluding hydrogens is 1610 g/mol. The van der Waals surface area contributed by atoms with Gasteiger partial charge in [0.1, 0.15) is 63.1 Å². The third-order valence-corrected chi connectivity index (χ3v) is 16.3. The largest absolute Gasteiger partial charge is 0.479 e. The van der Waals surface area contributed by atoms with Gasteiger partial charge in [0.15, 0.2) is 70.7 Å². The van der Waals surface area contributed by atoms with Gasteiger partial charge in [-0.05, 0) is 171 Å². The van der Waals surface area contributed by atoms with Crippen LogP contribution >= 0.6 is 23.2 Å². The summed E-state index contributed by atoms with van der Waals surface area (Å²) in [5.74, 6) is -2.94. The number of aldehydes is 1. The lowest BCUT2D eigenvalue weighted by Gasteiger charge is -2.25. The number of hydrogen-bond donors (Lipinski definition) is 3. The fourth-order valence-electron chi connectivity index (χ4n) is 10.2. The van der Waals surface area contributed by atoms with Crippen molar-refractivity contribution in [3.05, 3.63) is 106 Å². The number of esters is 2. The molecule has 0 spiro atoms. The molecule has 0 saturated heterocycles. The van der Waals surface area contributed by atoms with Gasteiger partial charge in [-0.3, -0.25) is 43.2 Å². The topological polar surface area (TPSA) is 362 Å². The van der Waals surface area contributed by atoms with E-state index in [0.717, 1.165) is 19.4 Å². The molecule has 3 aromatic carbocycles. The van der Waals surface area contributed by atoms with E-state index in [1.54, 1.807) is 77.9 Å². The maximum absolute atomic E-state index is 12.9. The summed E-state index contributed by atoms with van der Waals surface area (Å²) in [6.45, 7) is 45.3. The first-order chi connectivity index (χ1) is 55.4. The van der Waals surface area contributed by atoms with Crippen molar-refractivity contribution in [2.75, 3.05) is 51.5 Å². The van der Waals surface area contributed by atoms with Gasteiger partial charge in [0.2, 0.25) is 6.29 Å². The molecule has 3 rings (SSSR count). The maximum atomic E-state index is 12.9. The first kappa shape index (κ1) is 120. The van der Waals surface area contributed by atoms with Crippen LogP contribution in [0, 0.1) is 53.3 Å². The Labute approximate surface area is 728 Å². The smallest absolute Gasteiger partial charge is 0.446 e. The molecule has 0 amide bonds. The molecule has 0 heterocycles. The van der Waals surface area contributed by atoms with Crippen LogP contribution in [0.25, 0.3) is 0 Å². The number of nitrogens with two attached hydrogens (primary N) is 1. The SMILES string of the molecule is C.CC(C)CCC(=O)[C@@H](CC(C)C)OCC(=O)c1cccc(C(=O)CO[C@H](CC(C)C)C(=O)CCC(C)C)c1.CC(C)CN.CC(C)C[C@@H](OCC(=O)c1cccc(C(=O)CO[C@H](CC(C)C)C(=O)O)c1)C(=O)O.CC(C)C[C@@H](OCC(=O)c1cccc(C(=O)CO[C@H](CC(C)C)C(=O)OC(C)(C)C)c1)C(=O)OC(C)(C)C.ClCCl.O=CC(F)(F)F. The number of benzene rings is 3. The van der Waals surface area contributed by atoms with E-state index in [1.165, 1.54) is 36.4 Å². The number of Topliss-reactive ketones (excluding diaryl/α,β-unsaturated/α-hetero) is 8. The van der Waals surface area contributed by atoms with Gasteiger partial charge in [-0.15, -0.1) is 23.2 Å². The molecule has 690 valence electrons. The summed E-state index contributed by atoms with van der Waals surface area (Å²) in [4.78, 5) is 158. The van der Waals surface area contributed by atoms with Gasteiger partial charge in [0, 0.05) is 46.2 Å². The number of carbonyl (C=O) groups excluding carboxylic acids is 11. The minimum Gasteiger partial charge on any atom is -0.479 e. The Morgan fingerprint density at radius 1 is 0.364 bits per heavy atom. The van der Waals surface area contributed by atoms with Crippen molar-refractivity contribution in [2.24, 2.45) is 59.0 Å². The van der Waals surface area contributed by atoms with Crippen LogP contribution in [0.5, 0.6) is 0 Å². The van der Waals surface area contributed by atoms with Gasteiger partial charge in [-0.25, -0.2) is 19.2 Å². The Balaban J connectivity index is -0.000000784. The quantitative estimate of drug-likeness (QED) is 0.0204. The molecule has 0 aliphatic rings. The Kier molecular flexibility index (Phi) is 63.0. The van der Waals surface area contributed by atoms with Crippen LogP contribution < -0.4 is 5.73 Å². The maximum Gasteiger partial charge on any atom is 0.446 e. The molecule has 0 aliphatic carbocycles. The summed E-state index contributed by atoms with van der Waals surface area (Å²) >= 11 is 9.53. The van der Waals surface area contributed by atoms with Crippen molar-refractivity contribution in [1.82, 2.24) is 0 Å². The van der Waals surface area contributed by atoms with E-state index >= 15 is 0 Å². The first-order valence-electron chi connectivity index (χ1n) is 40.9. The third kappa shape index (κ3) is 61.6. The molecule has 3 aromatic rings. The highest BCUT2D eigenvalue weighted by Gasteiger charge is 2.32. The number of alkyl halides is 5. The molecule has 0 saturated carbocycles. The molecule has 0 bridgehead atoms. The van der Waals surface area contributed by atoms with Crippen LogP contribution in [0.3, 0.4) is 0 Å². The highest BCUT2D eigenvalue weighted by atomic mass is 35.5. The molecule has 0 unspecified atom stereocenters. The Morgan fingerprint density at radius 3 is 0.711 bits per heavy atom. The first-order valence-corrected chi connectivity index (χ1v) is 42.0. The Morgan fingerprint density at radius 2 is 0.545 bits per heavy atom. The molecule has 0 fully saturated rings. The van der Waals surface area contributed by atoms with E-state index < -0.39 is 109 Å². The predicted octanol–water partition coefficient (Wildman–Crippen LogP) is 19.0. The van der Waals surface area contributed by atoms with Gasteiger partial charge in [-0.2, -0.15) is 13.2 Å². The van der Waals surface area contributed by atoms with E-state index in [4.69, 9.17) is 71.6 Å². The second-order valence-corrected chi connectivity index (χ2v) is 35.6. The van der Waals surface area contributed by atoms with E-state index in [2.05, 4.69) is 41.5 Å². The van der Waals surface area contributed by atoms with Gasteiger partial charge in [0.05, 0.1) is 5.34 Å². The summed E-state index contributed by atoms with van der Waals surface area (Å²) in [5.41, 5.74) is 5.47. The minimum atomic E-state index is -4.64. The summed E-state index contributed by atoms with van der Waals surface area (Å²) in [6.07, 6.45) is -5.88. The second kappa shape index (κ2) is 63.6. The number of aliphatic carboxylic acids is 2. The van der Waals surface area contributed by atoms with Gasteiger partial charge in [-0.1, -0.05) is 187 Å². The number of carboxylic acid groups (broad SMARTS) is 2. The number of ether oxygens (including phenoxy) is 8. The van der Waals surface area contributed by atoms with Crippen molar-refractivity contribution in [3.63, 3.8) is 0 Å². The van der Waals surface area contributed by atoms with Crippen molar-refractivity contribution >= 4 is 99.6 Å². The van der Waals surface area contributed by atoms with Crippen molar-refractivity contribution in [3.8, 4) is 0 Å². The van der Waals surface area contributed by atoms with Gasteiger partial charge >= 0.3 is 30.1 Å². The van der Waals surface area contributed by atoms with Crippen LogP contribution in [0.15, 0.2) is 72.8 Å². The summed E-state index contributed by atoms with van der Waals surface area (Å²) in [5, 5.41) is 18.6. The van der Waals surface area contributed by atoms with E-state index in [-0.39, 0.29) is 144 Å². The predicted molar refractivity (Wildman–Crippen MR) is 465 cm³/mol. The zero-order valence-electron chi connectivity index (χ0n) is 75.3. The van der Waals surface area contributed by atoms with Crippen LogP contribution in [-0.2, 0) is 71.5 Å². The van der Waals surface area contributed by atoms with Crippen LogP contribution in [0.1, 0.15) is 300 Å². The normalized spacial score (nSPS) is 12.9. The summed E-state index contributed by atoms with van der Waals surface area (Å²) in [7, 11) is 0. The van der Waals surface area contributed by atoms with E-state index in [1.807, 2.05) is 83.1 Å². The zero-order chi connectivity index (χ0) is 93.1. The van der Waals surface area contributed by atoms with E-state index in [9.17, 15) is 80.9 Å². The third-order valence-electron chi connectivity index (χ3n) is 16.3. The molecule has 29 heteroatoms. The van der Waals surface area contributed by atoms with Crippen LogP contribution in [0.2, 0.25) is 0 Å². The average molecular weight is 1760 g/mol. The zero-order valence-corrected chi connectivity index (χ0v) is 76.8. The molecule has 6 atom stereocenters. The van der Waals surface area contributed by atoms with Crippen molar-refractivity contribution in [1.29, 1.82) is 0 Å². The molecule has 121 heavy (non-hydrogen) atoms. The lowest BCUT2D eigenvalue weighted by molar-refractivity contribution is -0.169. The molecule has 0 aliphatic heterocycles. The van der Waals surface area contributed by atoms with Crippen molar-refractivity contribution < 1.29 is 124 Å². The minimum absolute atomic E-state index is 0. The number of rotatable bonds is 49. The number of carbonyl (C=O) groups is 13. The number of carboxylic acids is 2. The fraction of sp³-hybridized carbons (Fsp3) is 0.663. The van der Waals surface area contributed by atoms with Crippen LogP contribution in [-0.4, -0.2) is 192 Å². The van der Waals surface area contributed by atoms with E-state index in [0.29, 0.717) is 67.4 Å². The summed E-state index contributed by atoms with van der Waals surface area (Å²) < 4.78 is 75.6. The molecule has 0 radical (unpaired) electrons. The fourth-order valence-corrected chi connectivity index (χ4v) is 10.2. The lowest BCUT2D eigenvalue weighted by atomic mass is 9.97. The highest BCUT2D eigenvalue weighted by molar-refractivity contribution is 6.40. The van der Waals surface area contributed by atoms with Gasteiger partial charge < -0.3 is 53.8 Å². The molecule has 4 N–H and O–H groups in total. The highest BCUT2D eigenvalue weighted by Crippen LogP contribution is 2.23. The monoisotopic (exact) mass is 1760 g/mol. The number of halogens is 5. The molecular formula is C92H144Cl2F3NO23. The van der Waals surface area contributed by atoms with Crippen LogP contribution in [0.4, 0.5) is 13.2 Å².